The molecule has 1 aromatic heterocycles. The van der Waals surface area contributed by atoms with Crippen LogP contribution < -0.4 is 10.1 Å². The van der Waals surface area contributed by atoms with Gasteiger partial charge in [0.25, 0.3) is 0 Å². The summed E-state index contributed by atoms with van der Waals surface area (Å²) in [5.41, 5.74) is 7.48. The average molecular weight is 341 g/mol. The summed E-state index contributed by atoms with van der Waals surface area (Å²) in [6.45, 7) is 5.20. The maximum atomic E-state index is 6.21. The second kappa shape index (κ2) is 5.83. The van der Waals surface area contributed by atoms with Gasteiger partial charge in [0, 0.05) is 28.2 Å². The highest BCUT2D eigenvalue weighted by molar-refractivity contribution is 6.31. The van der Waals surface area contributed by atoms with Crippen molar-refractivity contribution >= 4 is 22.5 Å². The number of aromatic amines is 1. The molecule has 3 nitrogen and oxygen atoms in total. The number of methoxy groups -OCH3 is 1. The molecule has 0 radical (unpaired) electrons. The van der Waals surface area contributed by atoms with E-state index < -0.39 is 0 Å². The smallest absolute Gasteiger partial charge is 0.122 e. The number of aryl methyl sites for hydroxylation is 2. The topological polar surface area (TPSA) is 37.0 Å². The van der Waals surface area contributed by atoms with Crippen molar-refractivity contribution in [2.24, 2.45) is 0 Å². The maximum Gasteiger partial charge on any atom is 0.122 e. The lowest BCUT2D eigenvalue weighted by Gasteiger charge is -2.27. The Morgan fingerprint density at radius 1 is 1.12 bits per heavy atom. The van der Waals surface area contributed by atoms with Gasteiger partial charge in [-0.15, -0.1) is 0 Å². The lowest BCUT2D eigenvalue weighted by atomic mass is 9.90. The normalized spacial score (nSPS) is 17.1. The van der Waals surface area contributed by atoms with Crippen LogP contribution in [-0.2, 0) is 6.42 Å². The lowest BCUT2D eigenvalue weighted by Crippen LogP contribution is -2.31. The standard InChI is InChI=1S/C20H21ClN2O/c1-11-9-18(24-3)12(2)8-15(11)19-20-14(6-7-22-19)16-10-13(21)4-5-17(16)23-20/h4-5,8-10,19,22-23H,6-7H2,1-3H3. The number of fused-ring (bicyclic) bond motifs is 3. The van der Waals surface area contributed by atoms with E-state index in [1.807, 2.05) is 6.07 Å². The third-order valence-electron chi connectivity index (χ3n) is 5.01. The van der Waals surface area contributed by atoms with Gasteiger partial charge in [-0.2, -0.15) is 0 Å². The quantitative estimate of drug-likeness (QED) is 0.710. The van der Waals surface area contributed by atoms with Crippen LogP contribution in [-0.4, -0.2) is 18.6 Å². The zero-order valence-corrected chi connectivity index (χ0v) is 14.9. The van der Waals surface area contributed by atoms with Crippen molar-refractivity contribution in [3.8, 4) is 5.75 Å². The summed E-state index contributed by atoms with van der Waals surface area (Å²) in [6.07, 6.45) is 1.01. The van der Waals surface area contributed by atoms with Crippen molar-refractivity contribution in [1.82, 2.24) is 10.3 Å². The summed E-state index contributed by atoms with van der Waals surface area (Å²) >= 11 is 6.21. The summed E-state index contributed by atoms with van der Waals surface area (Å²) < 4.78 is 5.46. The van der Waals surface area contributed by atoms with Crippen LogP contribution in [0.25, 0.3) is 10.9 Å². The molecule has 0 saturated carbocycles. The van der Waals surface area contributed by atoms with E-state index in [0.29, 0.717) is 0 Å². The third kappa shape index (κ3) is 2.40. The monoisotopic (exact) mass is 340 g/mol. The molecular formula is C20H21ClN2O. The number of nitrogens with one attached hydrogen (secondary N) is 2. The van der Waals surface area contributed by atoms with Gasteiger partial charge in [0.05, 0.1) is 13.2 Å². The van der Waals surface area contributed by atoms with Crippen LogP contribution in [0.1, 0.15) is 34.0 Å². The van der Waals surface area contributed by atoms with Crippen molar-refractivity contribution in [3.63, 3.8) is 0 Å². The molecule has 1 unspecified atom stereocenters. The molecule has 4 heteroatoms. The van der Waals surface area contributed by atoms with Gasteiger partial charge in [0.15, 0.2) is 0 Å². The molecule has 0 aliphatic carbocycles. The number of benzene rings is 2. The van der Waals surface area contributed by atoms with Gasteiger partial charge >= 0.3 is 0 Å². The van der Waals surface area contributed by atoms with Crippen molar-refractivity contribution in [2.45, 2.75) is 26.3 Å². The van der Waals surface area contributed by atoms with Crippen LogP contribution in [0.3, 0.4) is 0 Å². The zero-order valence-electron chi connectivity index (χ0n) is 14.2. The molecule has 4 rings (SSSR count). The highest BCUT2D eigenvalue weighted by Crippen LogP contribution is 2.37. The maximum absolute atomic E-state index is 6.21. The largest absolute Gasteiger partial charge is 0.496 e. The summed E-state index contributed by atoms with van der Waals surface area (Å²) in [5, 5.41) is 5.70. The minimum Gasteiger partial charge on any atom is -0.496 e. The van der Waals surface area contributed by atoms with E-state index in [4.69, 9.17) is 16.3 Å². The third-order valence-corrected chi connectivity index (χ3v) is 5.24. The Kier molecular flexibility index (Phi) is 3.78. The van der Waals surface area contributed by atoms with E-state index in [9.17, 15) is 0 Å². The Balaban J connectivity index is 1.88. The van der Waals surface area contributed by atoms with E-state index in [1.54, 1.807) is 7.11 Å². The van der Waals surface area contributed by atoms with Crippen LogP contribution in [0.2, 0.25) is 5.02 Å². The molecule has 1 atom stereocenters. The summed E-state index contributed by atoms with van der Waals surface area (Å²) in [6, 6.07) is 10.6. The number of ether oxygens (including phenoxy) is 1. The van der Waals surface area contributed by atoms with E-state index in [2.05, 4.69) is 48.4 Å². The lowest BCUT2D eigenvalue weighted by molar-refractivity contribution is 0.411. The summed E-state index contributed by atoms with van der Waals surface area (Å²) in [4.78, 5) is 3.61. The summed E-state index contributed by atoms with van der Waals surface area (Å²) in [7, 11) is 1.72. The number of halogens is 1. The first kappa shape index (κ1) is 15.6. The Bertz CT molecular complexity index is 929. The number of hydrogen-bond acceptors (Lipinski definition) is 2. The first-order valence-corrected chi connectivity index (χ1v) is 8.65. The zero-order chi connectivity index (χ0) is 16.8. The van der Waals surface area contributed by atoms with Gasteiger partial charge in [0.2, 0.25) is 0 Å². The minimum atomic E-state index is 0.171. The van der Waals surface area contributed by atoms with Crippen molar-refractivity contribution in [3.05, 3.63) is 63.3 Å². The van der Waals surface area contributed by atoms with Crippen LogP contribution in [0, 0.1) is 13.8 Å². The van der Waals surface area contributed by atoms with Gasteiger partial charge in [-0.25, -0.2) is 0 Å². The molecule has 0 spiro atoms. The fraction of sp³-hybridized carbons (Fsp3) is 0.300. The molecule has 0 amide bonds. The van der Waals surface area contributed by atoms with E-state index in [1.165, 1.54) is 27.8 Å². The number of hydrogen-bond donors (Lipinski definition) is 2. The van der Waals surface area contributed by atoms with Gasteiger partial charge < -0.3 is 15.0 Å². The SMILES string of the molecule is COc1cc(C)c(C2NCCc3c2[nH]c2ccc(Cl)cc32)cc1C. The molecule has 1 aliphatic rings. The van der Waals surface area contributed by atoms with Gasteiger partial charge in [-0.3, -0.25) is 0 Å². The first-order valence-electron chi connectivity index (χ1n) is 8.27. The second-order valence-corrected chi connectivity index (χ2v) is 6.96. The summed E-state index contributed by atoms with van der Waals surface area (Å²) in [5.74, 6) is 0.940. The Labute approximate surface area is 147 Å². The van der Waals surface area contributed by atoms with Crippen molar-refractivity contribution < 1.29 is 4.74 Å². The fourth-order valence-corrected chi connectivity index (χ4v) is 3.98. The van der Waals surface area contributed by atoms with Crippen LogP contribution in [0.15, 0.2) is 30.3 Å². The average Bonchev–Trinajstić information content (AvgIpc) is 2.94. The molecule has 0 fully saturated rings. The first-order chi connectivity index (χ1) is 11.6. The minimum absolute atomic E-state index is 0.171. The van der Waals surface area contributed by atoms with Crippen molar-refractivity contribution in [2.75, 3.05) is 13.7 Å². The molecule has 0 bridgehead atoms. The predicted octanol–water partition coefficient (Wildman–Crippen LogP) is 4.68. The molecular weight excluding hydrogens is 320 g/mol. The van der Waals surface area contributed by atoms with Gasteiger partial charge in [-0.05, 0) is 66.8 Å². The Morgan fingerprint density at radius 3 is 2.75 bits per heavy atom. The van der Waals surface area contributed by atoms with E-state index in [0.717, 1.165) is 34.8 Å². The highest BCUT2D eigenvalue weighted by Gasteiger charge is 2.26. The second-order valence-electron chi connectivity index (χ2n) is 6.52. The molecule has 1 aliphatic heterocycles. The molecule has 124 valence electrons. The van der Waals surface area contributed by atoms with Gasteiger partial charge in [-0.1, -0.05) is 17.7 Å². The molecule has 24 heavy (non-hydrogen) atoms. The number of H-pyrrole nitrogens is 1. The van der Waals surface area contributed by atoms with Crippen LogP contribution in [0.4, 0.5) is 0 Å². The molecule has 3 aromatic rings. The predicted molar refractivity (Wildman–Crippen MR) is 99.3 cm³/mol. The van der Waals surface area contributed by atoms with E-state index in [-0.39, 0.29) is 6.04 Å². The van der Waals surface area contributed by atoms with Crippen LogP contribution >= 0.6 is 11.6 Å². The number of rotatable bonds is 2. The number of aromatic nitrogens is 1. The highest BCUT2D eigenvalue weighted by atomic mass is 35.5. The Hall–Kier alpha value is -1.97. The Morgan fingerprint density at radius 2 is 1.96 bits per heavy atom. The molecule has 2 heterocycles. The molecule has 2 N–H and O–H groups in total. The molecule has 2 aromatic carbocycles. The van der Waals surface area contributed by atoms with E-state index >= 15 is 0 Å². The van der Waals surface area contributed by atoms with Crippen LogP contribution in [0.5, 0.6) is 5.75 Å². The fourth-order valence-electron chi connectivity index (χ4n) is 3.81. The van der Waals surface area contributed by atoms with Gasteiger partial charge in [0.1, 0.15) is 5.75 Å². The van der Waals surface area contributed by atoms with Crippen molar-refractivity contribution in [1.29, 1.82) is 0 Å². The molecule has 0 saturated heterocycles.